The first kappa shape index (κ1) is 27.0. The van der Waals surface area contributed by atoms with Gasteiger partial charge in [-0.1, -0.05) is 140 Å². The van der Waals surface area contributed by atoms with E-state index in [9.17, 15) is 0 Å². The van der Waals surface area contributed by atoms with Crippen molar-refractivity contribution >= 4 is 32.7 Å². The Labute approximate surface area is 271 Å². The maximum atomic E-state index is 6.50. The van der Waals surface area contributed by atoms with Gasteiger partial charge in [0, 0.05) is 32.8 Å². The normalized spacial score (nSPS) is 11.4. The molecule has 0 spiro atoms. The van der Waals surface area contributed by atoms with Gasteiger partial charge in [0.25, 0.3) is 0 Å². The molecule has 220 valence electrons. The molecule has 9 rings (SSSR count). The summed E-state index contributed by atoms with van der Waals surface area (Å²) in [6.45, 7) is 0. The van der Waals surface area contributed by atoms with E-state index in [0.29, 0.717) is 17.5 Å². The molecular weight excluding hydrogens is 574 g/mol. The molecule has 9 aromatic rings. The third kappa shape index (κ3) is 4.75. The number of hydrogen-bond donors (Lipinski definition) is 0. The predicted molar refractivity (Wildman–Crippen MR) is 192 cm³/mol. The van der Waals surface area contributed by atoms with Crippen LogP contribution in [0.4, 0.5) is 0 Å². The number of furan rings is 1. The van der Waals surface area contributed by atoms with Gasteiger partial charge in [-0.3, -0.25) is 0 Å². The zero-order valence-electron chi connectivity index (χ0n) is 25.3. The van der Waals surface area contributed by atoms with Crippen LogP contribution in [-0.4, -0.2) is 15.0 Å². The second kappa shape index (κ2) is 11.2. The zero-order valence-corrected chi connectivity index (χ0v) is 25.3. The lowest BCUT2D eigenvalue weighted by Crippen LogP contribution is -2.01. The van der Waals surface area contributed by atoms with Gasteiger partial charge in [-0.15, -0.1) is 0 Å². The number of hydrogen-bond acceptors (Lipinski definition) is 4. The molecule has 2 heterocycles. The van der Waals surface area contributed by atoms with Gasteiger partial charge in [0.1, 0.15) is 11.2 Å². The summed E-state index contributed by atoms with van der Waals surface area (Å²) in [7, 11) is 0. The van der Waals surface area contributed by atoms with Crippen LogP contribution in [-0.2, 0) is 0 Å². The van der Waals surface area contributed by atoms with Gasteiger partial charge in [-0.25, -0.2) is 15.0 Å². The quantitative estimate of drug-likeness (QED) is 0.197. The van der Waals surface area contributed by atoms with Crippen molar-refractivity contribution in [1.82, 2.24) is 15.0 Å². The van der Waals surface area contributed by atoms with Crippen molar-refractivity contribution in [3.8, 4) is 56.4 Å². The minimum atomic E-state index is 0.610. The van der Waals surface area contributed by atoms with Crippen molar-refractivity contribution in [3.05, 3.63) is 164 Å². The Bertz CT molecular complexity index is 2560. The van der Waals surface area contributed by atoms with E-state index in [1.54, 1.807) is 0 Å². The average molecular weight is 602 g/mol. The highest BCUT2D eigenvalue weighted by Gasteiger charge is 2.20. The zero-order chi connectivity index (χ0) is 31.2. The van der Waals surface area contributed by atoms with Crippen molar-refractivity contribution in [2.24, 2.45) is 0 Å². The van der Waals surface area contributed by atoms with Crippen LogP contribution >= 0.6 is 0 Å². The van der Waals surface area contributed by atoms with Crippen LogP contribution < -0.4 is 0 Å². The minimum Gasteiger partial charge on any atom is -0.455 e. The van der Waals surface area contributed by atoms with Crippen LogP contribution in [0.15, 0.2) is 168 Å². The number of fused-ring (bicyclic) bond motifs is 5. The number of aromatic nitrogens is 3. The van der Waals surface area contributed by atoms with Gasteiger partial charge in [-0.05, 0) is 51.9 Å². The standard InChI is InChI=1S/C43H27N3O/c1-4-14-28(15-5-1)31-24-25-34-36(26-31)38(27-37-33-21-12-13-23-39(33)47-40(34)37)43-45-41(30-18-8-3-9-19-30)44-42(46-43)35-22-11-10-20-32(35)29-16-6-2-7-17-29/h1-27H. The number of nitrogens with zero attached hydrogens (tertiary/aromatic N) is 3. The summed E-state index contributed by atoms with van der Waals surface area (Å²) in [6, 6.07) is 56.2. The molecule has 0 aliphatic rings. The monoisotopic (exact) mass is 601 g/mol. The SMILES string of the molecule is c1ccc(-c2ccc3c(c2)c(-c2nc(-c4ccccc4)nc(-c4ccccc4-c4ccccc4)n2)cc2c4ccccc4oc32)cc1. The molecule has 47 heavy (non-hydrogen) atoms. The molecule has 0 saturated heterocycles. The molecule has 7 aromatic carbocycles. The molecule has 0 unspecified atom stereocenters. The predicted octanol–water partition coefficient (Wildman–Crippen LogP) is 11.3. The molecule has 0 radical (unpaired) electrons. The van der Waals surface area contributed by atoms with E-state index in [4.69, 9.17) is 19.4 Å². The van der Waals surface area contributed by atoms with Crippen molar-refractivity contribution in [2.45, 2.75) is 0 Å². The van der Waals surface area contributed by atoms with E-state index in [0.717, 1.165) is 71.7 Å². The molecule has 0 saturated carbocycles. The molecule has 0 fully saturated rings. The van der Waals surface area contributed by atoms with Crippen LogP contribution in [0.5, 0.6) is 0 Å². The van der Waals surface area contributed by atoms with E-state index in [2.05, 4.69) is 103 Å². The fourth-order valence-electron chi connectivity index (χ4n) is 6.47. The average Bonchev–Trinajstić information content (AvgIpc) is 3.54. The van der Waals surface area contributed by atoms with E-state index in [-0.39, 0.29) is 0 Å². The second-order valence-electron chi connectivity index (χ2n) is 11.6. The summed E-state index contributed by atoms with van der Waals surface area (Å²) in [5, 5.41) is 4.12. The fourth-order valence-corrected chi connectivity index (χ4v) is 6.47. The molecule has 0 bridgehead atoms. The number of rotatable bonds is 5. The van der Waals surface area contributed by atoms with Gasteiger partial charge in [0.15, 0.2) is 17.5 Å². The highest BCUT2D eigenvalue weighted by molar-refractivity contribution is 6.19. The first-order chi connectivity index (χ1) is 23.3. The summed E-state index contributed by atoms with van der Waals surface area (Å²) >= 11 is 0. The van der Waals surface area contributed by atoms with Gasteiger partial charge in [-0.2, -0.15) is 0 Å². The van der Waals surface area contributed by atoms with Crippen molar-refractivity contribution in [1.29, 1.82) is 0 Å². The molecule has 4 heteroatoms. The van der Waals surface area contributed by atoms with Crippen molar-refractivity contribution in [2.75, 3.05) is 0 Å². The molecule has 0 amide bonds. The van der Waals surface area contributed by atoms with E-state index in [1.807, 2.05) is 60.7 Å². The summed E-state index contributed by atoms with van der Waals surface area (Å²) in [5.41, 5.74) is 8.94. The van der Waals surface area contributed by atoms with Crippen LogP contribution in [0.1, 0.15) is 0 Å². The topological polar surface area (TPSA) is 51.8 Å². The van der Waals surface area contributed by atoms with Gasteiger partial charge >= 0.3 is 0 Å². The minimum absolute atomic E-state index is 0.610. The Balaban J connectivity index is 1.37. The summed E-state index contributed by atoms with van der Waals surface area (Å²) in [6.07, 6.45) is 0. The van der Waals surface area contributed by atoms with E-state index >= 15 is 0 Å². The van der Waals surface area contributed by atoms with Gasteiger partial charge in [0.2, 0.25) is 0 Å². The summed E-state index contributed by atoms with van der Waals surface area (Å²) in [4.78, 5) is 15.5. The molecule has 0 atom stereocenters. The number of para-hydroxylation sites is 1. The Morgan fingerprint density at radius 3 is 1.64 bits per heavy atom. The molecular formula is C43H27N3O. The smallest absolute Gasteiger partial charge is 0.164 e. The van der Waals surface area contributed by atoms with Crippen molar-refractivity contribution in [3.63, 3.8) is 0 Å². The lowest BCUT2D eigenvalue weighted by Gasteiger charge is -2.14. The van der Waals surface area contributed by atoms with Gasteiger partial charge in [0.05, 0.1) is 0 Å². The van der Waals surface area contributed by atoms with Crippen LogP contribution in [0, 0.1) is 0 Å². The molecule has 0 N–H and O–H groups in total. The number of benzene rings is 7. The van der Waals surface area contributed by atoms with E-state index in [1.165, 1.54) is 0 Å². The van der Waals surface area contributed by atoms with Crippen molar-refractivity contribution < 1.29 is 4.42 Å². The Morgan fingerprint density at radius 1 is 0.319 bits per heavy atom. The van der Waals surface area contributed by atoms with Crippen LogP contribution in [0.3, 0.4) is 0 Å². The Morgan fingerprint density at radius 2 is 0.894 bits per heavy atom. The fraction of sp³-hybridized carbons (Fsp3) is 0. The molecule has 4 nitrogen and oxygen atoms in total. The van der Waals surface area contributed by atoms with Gasteiger partial charge < -0.3 is 4.42 Å². The largest absolute Gasteiger partial charge is 0.455 e. The maximum Gasteiger partial charge on any atom is 0.164 e. The van der Waals surface area contributed by atoms with E-state index < -0.39 is 0 Å². The van der Waals surface area contributed by atoms with Crippen LogP contribution in [0.2, 0.25) is 0 Å². The molecule has 0 aliphatic heterocycles. The maximum absolute atomic E-state index is 6.50. The third-order valence-electron chi connectivity index (χ3n) is 8.75. The Hall–Kier alpha value is -6.39. The molecule has 0 aliphatic carbocycles. The first-order valence-corrected chi connectivity index (χ1v) is 15.7. The summed E-state index contributed by atoms with van der Waals surface area (Å²) in [5.74, 6) is 1.86. The molecule has 2 aromatic heterocycles. The third-order valence-corrected chi connectivity index (χ3v) is 8.75. The summed E-state index contributed by atoms with van der Waals surface area (Å²) < 4.78 is 6.50. The van der Waals surface area contributed by atoms with Crippen LogP contribution in [0.25, 0.3) is 89.1 Å². The second-order valence-corrected chi connectivity index (χ2v) is 11.6. The Kier molecular flexibility index (Phi) is 6.43. The highest BCUT2D eigenvalue weighted by Crippen LogP contribution is 2.41. The lowest BCUT2D eigenvalue weighted by molar-refractivity contribution is 0.672. The lowest BCUT2D eigenvalue weighted by atomic mass is 9.95. The first-order valence-electron chi connectivity index (χ1n) is 15.7. The highest BCUT2D eigenvalue weighted by atomic mass is 16.3.